The van der Waals surface area contributed by atoms with Gasteiger partial charge in [0.05, 0.1) is 0 Å². The summed E-state index contributed by atoms with van der Waals surface area (Å²) in [4.78, 5) is 27.8. The van der Waals surface area contributed by atoms with Gasteiger partial charge in [-0.05, 0) is 64.9 Å². The third-order valence-electron chi connectivity index (χ3n) is 5.13. The van der Waals surface area contributed by atoms with Crippen LogP contribution in [0, 0.1) is 10.5 Å². The van der Waals surface area contributed by atoms with Crippen molar-refractivity contribution in [2.45, 2.75) is 25.9 Å². The molecule has 166 valence electrons. The van der Waals surface area contributed by atoms with E-state index in [4.69, 9.17) is 4.74 Å². The number of nitrogens with one attached hydrogen (secondary N) is 1. The zero-order valence-electron chi connectivity index (χ0n) is 18.3. The number of carbonyl (C=O) groups excluding carboxylic acids is 2. The van der Waals surface area contributed by atoms with Crippen molar-refractivity contribution in [2.24, 2.45) is 0 Å². The molecular formula is C26H27IN2O3. The van der Waals surface area contributed by atoms with E-state index in [-0.39, 0.29) is 18.4 Å². The minimum Gasteiger partial charge on any atom is -0.484 e. The lowest BCUT2D eigenvalue weighted by Crippen LogP contribution is -2.51. The summed E-state index contributed by atoms with van der Waals surface area (Å²) in [5.41, 5.74) is 3.06. The van der Waals surface area contributed by atoms with Crippen LogP contribution >= 0.6 is 22.6 Å². The molecule has 3 rings (SSSR count). The SMILES string of the molecule is CNC(=O)[C@@H](Cc1ccccc1)N(Cc1cccc(C)c1)C(=O)COc1ccc(I)cc1. The molecular weight excluding hydrogens is 515 g/mol. The van der Waals surface area contributed by atoms with Gasteiger partial charge < -0.3 is 15.0 Å². The van der Waals surface area contributed by atoms with E-state index in [1.807, 2.05) is 85.8 Å². The first-order valence-electron chi connectivity index (χ1n) is 10.4. The van der Waals surface area contributed by atoms with Gasteiger partial charge in [0.1, 0.15) is 11.8 Å². The molecule has 0 aliphatic carbocycles. The highest BCUT2D eigenvalue weighted by Gasteiger charge is 2.30. The number of aryl methyl sites for hydroxylation is 1. The maximum Gasteiger partial charge on any atom is 0.261 e. The molecule has 0 saturated carbocycles. The fraction of sp³-hybridized carbons (Fsp3) is 0.231. The molecule has 3 aromatic carbocycles. The lowest BCUT2D eigenvalue weighted by Gasteiger charge is -2.31. The van der Waals surface area contributed by atoms with Gasteiger partial charge in [0.15, 0.2) is 6.61 Å². The van der Waals surface area contributed by atoms with Gasteiger partial charge in [-0.1, -0.05) is 60.2 Å². The second-order valence-electron chi connectivity index (χ2n) is 7.57. The summed E-state index contributed by atoms with van der Waals surface area (Å²) < 4.78 is 6.84. The Bertz CT molecular complexity index is 1040. The summed E-state index contributed by atoms with van der Waals surface area (Å²) in [5.74, 6) is 0.174. The molecule has 0 aliphatic heterocycles. The van der Waals surface area contributed by atoms with Crippen LogP contribution in [0.5, 0.6) is 5.75 Å². The van der Waals surface area contributed by atoms with Gasteiger partial charge in [-0.15, -0.1) is 0 Å². The average molecular weight is 542 g/mol. The van der Waals surface area contributed by atoms with Crippen molar-refractivity contribution in [3.8, 4) is 5.75 Å². The fourth-order valence-electron chi connectivity index (χ4n) is 3.49. The Labute approximate surface area is 202 Å². The molecule has 0 heterocycles. The largest absolute Gasteiger partial charge is 0.484 e. The summed E-state index contributed by atoms with van der Waals surface area (Å²) in [6, 6.07) is 24.6. The number of rotatable bonds is 9. The first-order valence-corrected chi connectivity index (χ1v) is 11.5. The predicted molar refractivity (Wildman–Crippen MR) is 134 cm³/mol. The van der Waals surface area contributed by atoms with Crippen LogP contribution in [0.1, 0.15) is 16.7 Å². The van der Waals surface area contributed by atoms with E-state index in [0.717, 1.165) is 20.3 Å². The third kappa shape index (κ3) is 6.82. The van der Waals surface area contributed by atoms with Crippen molar-refractivity contribution in [1.82, 2.24) is 10.2 Å². The van der Waals surface area contributed by atoms with Crippen LogP contribution in [0.25, 0.3) is 0 Å². The molecule has 0 radical (unpaired) electrons. The second-order valence-corrected chi connectivity index (χ2v) is 8.82. The van der Waals surface area contributed by atoms with Crippen molar-refractivity contribution in [3.63, 3.8) is 0 Å². The minimum atomic E-state index is -0.657. The first-order chi connectivity index (χ1) is 15.5. The maximum absolute atomic E-state index is 13.3. The smallest absolute Gasteiger partial charge is 0.261 e. The topological polar surface area (TPSA) is 58.6 Å². The molecule has 0 saturated heterocycles. The van der Waals surface area contributed by atoms with Crippen LogP contribution in [-0.2, 0) is 22.6 Å². The Morgan fingerprint density at radius 2 is 1.66 bits per heavy atom. The molecule has 0 aromatic heterocycles. The highest BCUT2D eigenvalue weighted by Crippen LogP contribution is 2.17. The number of halogens is 1. The van der Waals surface area contributed by atoms with E-state index >= 15 is 0 Å². The Morgan fingerprint density at radius 1 is 0.969 bits per heavy atom. The summed E-state index contributed by atoms with van der Waals surface area (Å²) in [6.45, 7) is 2.19. The Kier molecular flexibility index (Phi) is 8.67. The highest BCUT2D eigenvalue weighted by molar-refractivity contribution is 14.1. The summed E-state index contributed by atoms with van der Waals surface area (Å²) in [7, 11) is 1.59. The van der Waals surface area contributed by atoms with Crippen LogP contribution < -0.4 is 10.1 Å². The molecule has 0 bridgehead atoms. The summed E-state index contributed by atoms with van der Waals surface area (Å²) in [5, 5.41) is 2.72. The fourth-order valence-corrected chi connectivity index (χ4v) is 3.85. The molecule has 2 amide bonds. The number of carbonyl (C=O) groups is 2. The van der Waals surface area contributed by atoms with Crippen LogP contribution in [0.4, 0.5) is 0 Å². The Morgan fingerprint density at radius 3 is 2.31 bits per heavy atom. The number of amides is 2. The number of benzene rings is 3. The van der Waals surface area contributed by atoms with Crippen molar-refractivity contribution >= 4 is 34.4 Å². The van der Waals surface area contributed by atoms with Crippen molar-refractivity contribution < 1.29 is 14.3 Å². The van der Waals surface area contributed by atoms with E-state index in [2.05, 4.69) is 27.9 Å². The average Bonchev–Trinajstić information content (AvgIpc) is 2.81. The van der Waals surface area contributed by atoms with Gasteiger partial charge in [-0.25, -0.2) is 0 Å². The van der Waals surface area contributed by atoms with Crippen molar-refractivity contribution in [3.05, 3.63) is 99.1 Å². The zero-order chi connectivity index (χ0) is 22.9. The van der Waals surface area contributed by atoms with E-state index in [1.165, 1.54) is 0 Å². The van der Waals surface area contributed by atoms with Gasteiger partial charge >= 0.3 is 0 Å². The first kappa shape index (κ1) is 23.8. The molecule has 1 atom stereocenters. The molecule has 0 spiro atoms. The maximum atomic E-state index is 13.3. The molecule has 0 aliphatic rings. The number of hydrogen-bond acceptors (Lipinski definition) is 3. The van der Waals surface area contributed by atoms with E-state index in [1.54, 1.807) is 11.9 Å². The quantitative estimate of drug-likeness (QED) is 0.409. The molecule has 0 unspecified atom stereocenters. The minimum absolute atomic E-state index is 0.144. The lowest BCUT2D eigenvalue weighted by atomic mass is 10.0. The van der Waals surface area contributed by atoms with Crippen LogP contribution in [0.2, 0.25) is 0 Å². The van der Waals surface area contributed by atoms with E-state index in [9.17, 15) is 9.59 Å². The van der Waals surface area contributed by atoms with Gasteiger partial charge in [0.2, 0.25) is 5.91 Å². The van der Waals surface area contributed by atoms with Gasteiger partial charge in [-0.3, -0.25) is 9.59 Å². The molecule has 5 nitrogen and oxygen atoms in total. The molecule has 32 heavy (non-hydrogen) atoms. The zero-order valence-corrected chi connectivity index (χ0v) is 20.4. The molecule has 6 heteroatoms. The monoisotopic (exact) mass is 542 g/mol. The normalized spacial score (nSPS) is 11.5. The predicted octanol–water partition coefficient (Wildman–Crippen LogP) is 4.36. The van der Waals surface area contributed by atoms with Crippen molar-refractivity contribution in [2.75, 3.05) is 13.7 Å². The van der Waals surface area contributed by atoms with Gasteiger partial charge in [0, 0.05) is 23.6 Å². The van der Waals surface area contributed by atoms with E-state index < -0.39 is 6.04 Å². The second kappa shape index (κ2) is 11.7. The lowest BCUT2D eigenvalue weighted by molar-refractivity contribution is -0.142. The van der Waals surface area contributed by atoms with Gasteiger partial charge in [-0.2, -0.15) is 0 Å². The summed E-state index contributed by atoms with van der Waals surface area (Å²) >= 11 is 2.22. The third-order valence-corrected chi connectivity index (χ3v) is 5.85. The van der Waals surface area contributed by atoms with Crippen LogP contribution in [0.15, 0.2) is 78.9 Å². The molecule has 0 fully saturated rings. The van der Waals surface area contributed by atoms with E-state index in [0.29, 0.717) is 18.7 Å². The highest BCUT2D eigenvalue weighted by atomic mass is 127. The number of nitrogens with zero attached hydrogens (tertiary/aromatic N) is 1. The van der Waals surface area contributed by atoms with Gasteiger partial charge in [0.25, 0.3) is 5.91 Å². The Hall–Kier alpha value is -2.87. The van der Waals surface area contributed by atoms with Crippen LogP contribution in [0.3, 0.4) is 0 Å². The Balaban J connectivity index is 1.86. The number of ether oxygens (including phenoxy) is 1. The summed E-state index contributed by atoms with van der Waals surface area (Å²) in [6.07, 6.45) is 0.418. The van der Waals surface area contributed by atoms with Crippen LogP contribution in [-0.4, -0.2) is 36.4 Å². The molecule has 3 aromatic rings. The molecule has 1 N–H and O–H groups in total. The van der Waals surface area contributed by atoms with Crippen molar-refractivity contribution in [1.29, 1.82) is 0 Å². The number of likely N-dealkylation sites (N-methyl/N-ethyl adjacent to an activating group) is 1. The number of hydrogen-bond donors (Lipinski definition) is 1. The standard InChI is InChI=1S/C26H27IN2O3/c1-19-7-6-10-21(15-19)17-29(25(30)18-32-23-13-11-22(27)12-14-23)24(26(31)28-2)16-20-8-4-3-5-9-20/h3-15,24H,16-18H2,1-2H3,(H,28,31)/t24-/m1/s1.